The van der Waals surface area contributed by atoms with Crippen molar-refractivity contribution in [1.82, 2.24) is 20.2 Å². The van der Waals surface area contributed by atoms with Gasteiger partial charge in [-0.2, -0.15) is 0 Å². The molecular weight excluding hydrogens is 836 g/mol. The smallest absolute Gasteiger partial charge is 0.309 e. The van der Waals surface area contributed by atoms with E-state index in [0.717, 1.165) is 111 Å². The van der Waals surface area contributed by atoms with E-state index in [0.29, 0.717) is 24.9 Å². The summed E-state index contributed by atoms with van der Waals surface area (Å²) >= 11 is 15.7. The van der Waals surface area contributed by atoms with Gasteiger partial charge in [0.1, 0.15) is 0 Å². The van der Waals surface area contributed by atoms with E-state index in [4.69, 9.17) is 42.6 Å². The van der Waals surface area contributed by atoms with Gasteiger partial charge < -0.3 is 24.6 Å². The number of methoxy groups -OCH3 is 2. The zero-order valence-corrected chi connectivity index (χ0v) is 37.5. The van der Waals surface area contributed by atoms with Crippen molar-refractivity contribution in [2.75, 3.05) is 56.7 Å². The average Bonchev–Trinajstić information content (AvgIpc) is 4.08. The van der Waals surface area contributed by atoms with Gasteiger partial charge in [0, 0.05) is 61.4 Å². The molecule has 4 aromatic carbocycles. The summed E-state index contributed by atoms with van der Waals surface area (Å²) in [6.07, 6.45) is 5.19. The van der Waals surface area contributed by atoms with Crippen molar-refractivity contribution in [3.05, 3.63) is 117 Å². The highest BCUT2D eigenvalue weighted by Crippen LogP contribution is 2.34. The van der Waals surface area contributed by atoms with E-state index in [1.165, 1.54) is 38.2 Å². The van der Waals surface area contributed by atoms with Crippen molar-refractivity contribution in [2.45, 2.75) is 70.6 Å². The van der Waals surface area contributed by atoms with Gasteiger partial charge in [-0.25, -0.2) is 9.97 Å². The van der Waals surface area contributed by atoms with Crippen LogP contribution in [0.25, 0.3) is 20.4 Å². The molecule has 2 fully saturated rings. The number of rotatable bonds is 15. The third kappa shape index (κ3) is 11.7. The van der Waals surface area contributed by atoms with E-state index in [1.54, 1.807) is 22.7 Å². The first-order chi connectivity index (χ1) is 29.2. The molecule has 14 heteroatoms. The molecule has 316 valence electrons. The van der Waals surface area contributed by atoms with Crippen LogP contribution in [0.5, 0.6) is 0 Å². The third-order valence-corrected chi connectivity index (χ3v) is 13.6. The van der Waals surface area contributed by atoms with Gasteiger partial charge in [0.15, 0.2) is 10.3 Å². The van der Waals surface area contributed by atoms with Crippen LogP contribution in [0.2, 0.25) is 10.0 Å². The molecule has 0 bridgehead atoms. The summed E-state index contributed by atoms with van der Waals surface area (Å²) in [5.74, 6) is -0.415. The van der Waals surface area contributed by atoms with Crippen molar-refractivity contribution >= 4 is 88.5 Å². The normalized spacial score (nSPS) is 16.4. The fourth-order valence-electron chi connectivity index (χ4n) is 7.77. The number of benzene rings is 4. The van der Waals surface area contributed by atoms with E-state index in [1.807, 2.05) is 60.7 Å². The van der Waals surface area contributed by atoms with Crippen LogP contribution < -0.4 is 15.1 Å². The van der Waals surface area contributed by atoms with Gasteiger partial charge in [-0.15, -0.1) is 0 Å². The second kappa shape index (κ2) is 21.0. The first kappa shape index (κ1) is 43.8. The number of hydrogen-bond donors (Lipinski definition) is 1. The molecule has 0 aliphatic carbocycles. The molecule has 4 heterocycles. The minimum atomic E-state index is -0.214. The standard InChI is InChI=1S/C25H30ClN3O2S.C21H22ClN3O2S/c1-3-4-11-28(16-19-7-5-6-18(13-19)14-24(30)31-2)21-10-12-29(17-21)25-27-22-9-8-20(26)15-23(22)32-25;1-27-20(26)10-14-3-2-4-15(9-14)12-23-17-7-8-25(13-17)21-24-18-6-5-16(22)11-19(18)28-21/h5-9,13,15,21H,3-4,10-12,14,16-17H2,1-2H3;2-6,9,11,17,23H,7-8,10,12-13H2,1H3. The van der Waals surface area contributed by atoms with Gasteiger partial charge >= 0.3 is 11.9 Å². The fraction of sp³-hybridized carbons (Fsp3) is 0.391. The summed E-state index contributed by atoms with van der Waals surface area (Å²) in [5.41, 5.74) is 6.43. The largest absolute Gasteiger partial charge is 0.469 e. The van der Waals surface area contributed by atoms with Crippen molar-refractivity contribution in [2.24, 2.45) is 0 Å². The number of ether oxygens (including phenoxy) is 2. The Balaban J connectivity index is 0.000000183. The van der Waals surface area contributed by atoms with E-state index in [9.17, 15) is 9.59 Å². The lowest BCUT2D eigenvalue weighted by atomic mass is 10.1. The van der Waals surface area contributed by atoms with Gasteiger partial charge in [-0.05, 0) is 84.5 Å². The predicted molar refractivity (Wildman–Crippen MR) is 247 cm³/mol. The van der Waals surface area contributed by atoms with E-state index < -0.39 is 0 Å². The molecule has 2 aromatic heterocycles. The Bertz CT molecular complexity index is 2390. The SMILES string of the molecule is CCCCN(Cc1cccc(CC(=O)OC)c1)C1CCN(c2nc3ccc(Cl)cc3s2)C1.COC(=O)Cc1cccc(CNC2CCN(c3nc4ccc(Cl)cc4s3)C2)c1. The van der Waals surface area contributed by atoms with Crippen LogP contribution in [-0.2, 0) is 45.0 Å². The summed E-state index contributed by atoms with van der Waals surface area (Å²) in [7, 11) is 2.85. The lowest BCUT2D eigenvalue weighted by molar-refractivity contribution is -0.140. The monoisotopic (exact) mass is 886 g/mol. The lowest BCUT2D eigenvalue weighted by Crippen LogP contribution is -2.37. The van der Waals surface area contributed by atoms with Crippen molar-refractivity contribution < 1.29 is 19.1 Å². The molecule has 10 nitrogen and oxygen atoms in total. The molecule has 0 amide bonds. The Morgan fingerprint density at radius 3 is 1.90 bits per heavy atom. The van der Waals surface area contributed by atoms with Crippen LogP contribution in [0.1, 0.15) is 54.9 Å². The van der Waals surface area contributed by atoms with Crippen molar-refractivity contribution in [1.29, 1.82) is 0 Å². The average molecular weight is 888 g/mol. The molecule has 6 aromatic rings. The highest BCUT2D eigenvalue weighted by atomic mass is 35.5. The summed E-state index contributed by atoms with van der Waals surface area (Å²) in [6, 6.07) is 29.1. The van der Waals surface area contributed by atoms with Crippen molar-refractivity contribution in [3.8, 4) is 0 Å². The number of fused-ring (bicyclic) bond motifs is 2. The molecule has 2 aliphatic rings. The van der Waals surface area contributed by atoms with Gasteiger partial charge in [0.2, 0.25) is 0 Å². The second-order valence-corrected chi connectivity index (χ2v) is 18.3. The number of nitrogens with one attached hydrogen (secondary N) is 1. The number of esters is 2. The summed E-state index contributed by atoms with van der Waals surface area (Å²) in [4.78, 5) is 40.1. The zero-order chi connectivity index (χ0) is 42.0. The number of carbonyl (C=O) groups excluding carboxylic acids is 2. The predicted octanol–water partition coefficient (Wildman–Crippen LogP) is 9.58. The number of hydrogen-bond acceptors (Lipinski definition) is 12. The first-order valence-corrected chi connectivity index (χ1v) is 22.9. The molecule has 0 spiro atoms. The number of unbranched alkanes of at least 4 members (excludes halogenated alkanes) is 1. The molecule has 60 heavy (non-hydrogen) atoms. The minimum Gasteiger partial charge on any atom is -0.469 e. The zero-order valence-electron chi connectivity index (χ0n) is 34.4. The third-order valence-electron chi connectivity index (χ3n) is 11.0. The number of halogens is 2. The first-order valence-electron chi connectivity index (χ1n) is 20.5. The molecule has 1 N–H and O–H groups in total. The summed E-state index contributed by atoms with van der Waals surface area (Å²) in [6.45, 7) is 8.92. The molecule has 2 unspecified atom stereocenters. The van der Waals surface area contributed by atoms with E-state index in [-0.39, 0.29) is 11.9 Å². The molecule has 0 radical (unpaired) electrons. The van der Waals surface area contributed by atoms with Crippen molar-refractivity contribution in [3.63, 3.8) is 0 Å². The van der Waals surface area contributed by atoms with Crippen LogP contribution in [0.3, 0.4) is 0 Å². The maximum Gasteiger partial charge on any atom is 0.309 e. The second-order valence-electron chi connectivity index (χ2n) is 15.4. The van der Waals surface area contributed by atoms with Gasteiger partial charge in [-0.1, -0.05) is 108 Å². The van der Waals surface area contributed by atoms with Gasteiger partial charge in [-0.3, -0.25) is 14.5 Å². The number of thiazole rings is 2. The Labute approximate surface area is 370 Å². The molecule has 8 rings (SSSR count). The Morgan fingerprint density at radius 2 is 1.30 bits per heavy atom. The van der Waals surface area contributed by atoms with E-state index in [2.05, 4.69) is 51.2 Å². The number of aromatic nitrogens is 2. The topological polar surface area (TPSA) is 100 Å². The minimum absolute atomic E-state index is 0.200. The van der Waals surface area contributed by atoms with Crippen LogP contribution in [0.15, 0.2) is 84.9 Å². The highest BCUT2D eigenvalue weighted by molar-refractivity contribution is 7.22. The van der Waals surface area contributed by atoms with Crippen LogP contribution in [-0.4, -0.2) is 85.8 Å². The lowest BCUT2D eigenvalue weighted by Gasteiger charge is -2.29. The number of carbonyl (C=O) groups is 2. The number of nitrogens with zero attached hydrogens (tertiary/aromatic N) is 5. The Hall–Kier alpha value is -4.30. The fourth-order valence-corrected chi connectivity index (χ4v) is 10.3. The Morgan fingerprint density at radius 1 is 0.750 bits per heavy atom. The molecule has 2 atom stereocenters. The Kier molecular flexibility index (Phi) is 15.3. The van der Waals surface area contributed by atoms with E-state index >= 15 is 0 Å². The summed E-state index contributed by atoms with van der Waals surface area (Å²) < 4.78 is 11.8. The van der Waals surface area contributed by atoms with Crippen LogP contribution >= 0.6 is 45.9 Å². The van der Waals surface area contributed by atoms with Crippen LogP contribution in [0.4, 0.5) is 10.3 Å². The summed E-state index contributed by atoms with van der Waals surface area (Å²) in [5, 5.41) is 7.28. The maximum absolute atomic E-state index is 11.7. The molecule has 2 saturated heterocycles. The molecular formula is C46H52Cl2N6O4S2. The van der Waals surface area contributed by atoms with Crippen LogP contribution in [0, 0.1) is 0 Å². The van der Waals surface area contributed by atoms with Gasteiger partial charge in [0.25, 0.3) is 0 Å². The van der Waals surface area contributed by atoms with Gasteiger partial charge in [0.05, 0.1) is 47.5 Å². The quantitative estimate of drug-likeness (QED) is 0.100. The highest BCUT2D eigenvalue weighted by Gasteiger charge is 2.30. The maximum atomic E-state index is 11.7. The molecule has 2 aliphatic heterocycles. The molecule has 0 saturated carbocycles. The number of anilines is 2.